The van der Waals surface area contributed by atoms with Gasteiger partial charge >= 0.3 is 0 Å². The lowest BCUT2D eigenvalue weighted by atomic mass is 10.2. The number of rotatable bonds is 4. The van der Waals surface area contributed by atoms with Crippen LogP contribution in [-0.2, 0) is 0 Å². The lowest BCUT2D eigenvalue weighted by Gasteiger charge is -2.11. The average molecular weight is 258 g/mol. The standard InChI is InChI=1S/C15H18N2O2/c1-10-4-7-14(15(8-10)18-3)19-12-5-6-13(11(2)16)17-9-12/h4-9,11H,16H2,1-3H3/t11-/m1/s1. The number of nitrogens with zero attached hydrogens (tertiary/aromatic N) is 1. The van der Waals surface area contributed by atoms with Crippen LogP contribution in [0.15, 0.2) is 36.5 Å². The highest BCUT2D eigenvalue weighted by Gasteiger charge is 2.07. The molecule has 0 amide bonds. The third-order valence-electron chi connectivity index (χ3n) is 2.77. The van der Waals surface area contributed by atoms with Crippen molar-refractivity contribution in [1.29, 1.82) is 0 Å². The molecule has 2 N–H and O–H groups in total. The third kappa shape index (κ3) is 3.23. The number of hydrogen-bond donors (Lipinski definition) is 1. The molecule has 0 spiro atoms. The summed E-state index contributed by atoms with van der Waals surface area (Å²) in [7, 11) is 1.62. The first kappa shape index (κ1) is 13.4. The van der Waals surface area contributed by atoms with Crippen LogP contribution in [0.5, 0.6) is 17.2 Å². The Morgan fingerprint density at radius 3 is 2.53 bits per heavy atom. The van der Waals surface area contributed by atoms with Crippen LogP contribution in [0.3, 0.4) is 0 Å². The maximum Gasteiger partial charge on any atom is 0.169 e. The van der Waals surface area contributed by atoms with Crippen LogP contribution in [0.1, 0.15) is 24.2 Å². The molecular weight excluding hydrogens is 240 g/mol. The Morgan fingerprint density at radius 1 is 1.16 bits per heavy atom. The monoisotopic (exact) mass is 258 g/mol. The van der Waals surface area contributed by atoms with Gasteiger partial charge in [-0.2, -0.15) is 0 Å². The number of methoxy groups -OCH3 is 1. The Labute approximate surface area is 113 Å². The smallest absolute Gasteiger partial charge is 0.169 e. The van der Waals surface area contributed by atoms with Crippen molar-refractivity contribution < 1.29 is 9.47 Å². The highest BCUT2D eigenvalue weighted by molar-refractivity contribution is 5.44. The first-order valence-electron chi connectivity index (χ1n) is 6.14. The molecule has 19 heavy (non-hydrogen) atoms. The van der Waals surface area contributed by atoms with Crippen LogP contribution in [0.2, 0.25) is 0 Å². The van der Waals surface area contributed by atoms with Crippen molar-refractivity contribution in [1.82, 2.24) is 4.98 Å². The quantitative estimate of drug-likeness (QED) is 0.914. The van der Waals surface area contributed by atoms with E-state index in [0.717, 1.165) is 11.3 Å². The minimum absolute atomic E-state index is 0.0806. The molecule has 0 bridgehead atoms. The minimum Gasteiger partial charge on any atom is -0.493 e. The molecule has 1 atom stereocenters. The van der Waals surface area contributed by atoms with Crippen LogP contribution in [0.25, 0.3) is 0 Å². The summed E-state index contributed by atoms with van der Waals surface area (Å²) < 4.78 is 11.1. The van der Waals surface area contributed by atoms with Crippen molar-refractivity contribution in [3.8, 4) is 17.2 Å². The van der Waals surface area contributed by atoms with E-state index >= 15 is 0 Å². The van der Waals surface area contributed by atoms with Crippen molar-refractivity contribution in [3.05, 3.63) is 47.8 Å². The summed E-state index contributed by atoms with van der Waals surface area (Å²) in [5, 5.41) is 0. The van der Waals surface area contributed by atoms with Crippen molar-refractivity contribution >= 4 is 0 Å². The van der Waals surface area contributed by atoms with E-state index in [4.69, 9.17) is 15.2 Å². The van der Waals surface area contributed by atoms with Gasteiger partial charge in [-0.3, -0.25) is 4.98 Å². The molecule has 4 nitrogen and oxygen atoms in total. The van der Waals surface area contributed by atoms with Gasteiger partial charge in [0.25, 0.3) is 0 Å². The zero-order valence-corrected chi connectivity index (χ0v) is 11.4. The van der Waals surface area contributed by atoms with Gasteiger partial charge in [0.2, 0.25) is 0 Å². The van der Waals surface area contributed by atoms with Gasteiger partial charge in [-0.25, -0.2) is 0 Å². The van der Waals surface area contributed by atoms with Crippen LogP contribution in [-0.4, -0.2) is 12.1 Å². The number of ether oxygens (including phenoxy) is 2. The Balaban J connectivity index is 2.21. The number of aryl methyl sites for hydroxylation is 1. The van der Waals surface area contributed by atoms with Gasteiger partial charge in [0.1, 0.15) is 5.75 Å². The number of aromatic nitrogens is 1. The fourth-order valence-electron chi connectivity index (χ4n) is 1.71. The van der Waals surface area contributed by atoms with Crippen molar-refractivity contribution in [2.45, 2.75) is 19.9 Å². The van der Waals surface area contributed by atoms with E-state index in [1.807, 2.05) is 44.2 Å². The zero-order chi connectivity index (χ0) is 13.8. The molecule has 0 saturated carbocycles. The van der Waals surface area contributed by atoms with E-state index in [0.29, 0.717) is 17.2 Å². The predicted octanol–water partition coefficient (Wildman–Crippen LogP) is 3.21. The second-order valence-electron chi connectivity index (χ2n) is 4.46. The molecule has 0 radical (unpaired) electrons. The number of hydrogen-bond acceptors (Lipinski definition) is 4. The first-order valence-corrected chi connectivity index (χ1v) is 6.14. The Bertz CT molecular complexity index is 551. The number of pyridine rings is 1. The van der Waals surface area contributed by atoms with Gasteiger partial charge in [0.15, 0.2) is 11.5 Å². The van der Waals surface area contributed by atoms with Crippen LogP contribution in [0, 0.1) is 6.92 Å². The third-order valence-corrected chi connectivity index (χ3v) is 2.77. The Kier molecular flexibility index (Phi) is 4.02. The summed E-state index contributed by atoms with van der Waals surface area (Å²) in [6.45, 7) is 3.90. The van der Waals surface area contributed by atoms with E-state index in [1.165, 1.54) is 0 Å². The summed E-state index contributed by atoms with van der Waals surface area (Å²) in [6, 6.07) is 9.42. The van der Waals surface area contributed by atoms with Gasteiger partial charge < -0.3 is 15.2 Å². The van der Waals surface area contributed by atoms with Gasteiger partial charge in [0, 0.05) is 6.04 Å². The van der Waals surface area contributed by atoms with E-state index in [1.54, 1.807) is 13.3 Å². The summed E-state index contributed by atoms with van der Waals surface area (Å²) in [5.74, 6) is 2.03. The molecule has 2 rings (SSSR count). The van der Waals surface area contributed by atoms with Crippen LogP contribution >= 0.6 is 0 Å². The lowest BCUT2D eigenvalue weighted by molar-refractivity contribution is 0.378. The van der Waals surface area contributed by atoms with Crippen molar-refractivity contribution in [2.24, 2.45) is 5.73 Å². The lowest BCUT2D eigenvalue weighted by Crippen LogP contribution is -2.06. The Hall–Kier alpha value is -2.07. The average Bonchev–Trinajstić information content (AvgIpc) is 2.41. The highest BCUT2D eigenvalue weighted by atomic mass is 16.5. The molecular formula is C15H18N2O2. The molecule has 0 aliphatic carbocycles. The zero-order valence-electron chi connectivity index (χ0n) is 11.4. The fraction of sp³-hybridized carbons (Fsp3) is 0.267. The number of benzene rings is 1. The molecule has 0 saturated heterocycles. The van der Waals surface area contributed by atoms with E-state index in [-0.39, 0.29) is 6.04 Å². The molecule has 100 valence electrons. The summed E-state index contributed by atoms with van der Waals surface area (Å²) >= 11 is 0. The van der Waals surface area contributed by atoms with Gasteiger partial charge in [-0.1, -0.05) is 6.07 Å². The van der Waals surface area contributed by atoms with Gasteiger partial charge in [-0.05, 0) is 43.7 Å². The number of nitrogens with two attached hydrogens (primary N) is 1. The van der Waals surface area contributed by atoms with Crippen LogP contribution in [0.4, 0.5) is 0 Å². The first-order chi connectivity index (χ1) is 9.10. The molecule has 0 unspecified atom stereocenters. The SMILES string of the molecule is COc1cc(C)ccc1Oc1ccc([C@@H](C)N)nc1. The molecule has 2 aromatic rings. The van der Waals surface area contributed by atoms with Gasteiger partial charge in [0.05, 0.1) is 19.0 Å². The van der Waals surface area contributed by atoms with Gasteiger partial charge in [-0.15, -0.1) is 0 Å². The maximum absolute atomic E-state index is 5.76. The normalized spacial score (nSPS) is 12.0. The van der Waals surface area contributed by atoms with Crippen LogP contribution < -0.4 is 15.2 Å². The van der Waals surface area contributed by atoms with E-state index < -0.39 is 0 Å². The van der Waals surface area contributed by atoms with E-state index in [9.17, 15) is 0 Å². The largest absolute Gasteiger partial charge is 0.493 e. The summed E-state index contributed by atoms with van der Waals surface area (Å²) in [4.78, 5) is 4.26. The van der Waals surface area contributed by atoms with Crippen molar-refractivity contribution in [3.63, 3.8) is 0 Å². The molecule has 1 aromatic heterocycles. The molecule has 4 heteroatoms. The minimum atomic E-state index is -0.0806. The topological polar surface area (TPSA) is 57.4 Å². The molecule has 1 aromatic carbocycles. The summed E-state index contributed by atoms with van der Waals surface area (Å²) in [5.41, 5.74) is 7.71. The molecule has 1 heterocycles. The second-order valence-corrected chi connectivity index (χ2v) is 4.46. The van der Waals surface area contributed by atoms with E-state index in [2.05, 4.69) is 4.98 Å². The predicted molar refractivity (Wildman–Crippen MR) is 74.6 cm³/mol. The molecule has 0 aliphatic heterocycles. The fourth-order valence-corrected chi connectivity index (χ4v) is 1.71. The molecule has 0 aliphatic rings. The summed E-state index contributed by atoms with van der Waals surface area (Å²) in [6.07, 6.45) is 1.66. The maximum atomic E-state index is 5.76. The molecule has 0 fully saturated rings. The highest BCUT2D eigenvalue weighted by Crippen LogP contribution is 2.31. The van der Waals surface area contributed by atoms with Crippen molar-refractivity contribution in [2.75, 3.05) is 7.11 Å². The second kappa shape index (κ2) is 5.71. The Morgan fingerprint density at radius 2 is 1.95 bits per heavy atom.